The summed E-state index contributed by atoms with van der Waals surface area (Å²) in [5, 5.41) is 7.56. The van der Waals surface area contributed by atoms with Crippen LogP contribution in [0, 0.1) is 11.3 Å². The van der Waals surface area contributed by atoms with Crippen LogP contribution in [0.2, 0.25) is 0 Å². The molecule has 0 saturated carbocycles. The highest BCUT2D eigenvalue weighted by atomic mass is 32.2. The molecule has 0 radical (unpaired) electrons. The van der Waals surface area contributed by atoms with Crippen LogP contribution in [0.4, 0.5) is 5.69 Å². The van der Waals surface area contributed by atoms with Crippen molar-refractivity contribution in [3.05, 3.63) is 89.7 Å². The van der Waals surface area contributed by atoms with Crippen LogP contribution in [0.15, 0.2) is 77.7 Å². The lowest BCUT2D eigenvalue weighted by Crippen LogP contribution is -2.36. The van der Waals surface area contributed by atoms with Gasteiger partial charge in [-0.15, -0.1) is 0 Å². The highest BCUT2D eigenvalue weighted by Crippen LogP contribution is 2.30. The van der Waals surface area contributed by atoms with E-state index in [0.29, 0.717) is 22.7 Å². The molecule has 1 aromatic heterocycles. The second-order valence-corrected chi connectivity index (χ2v) is 12.0. The van der Waals surface area contributed by atoms with Crippen molar-refractivity contribution in [3.63, 3.8) is 0 Å². The number of nitrogens with zero attached hydrogens (tertiary/aromatic N) is 4. The molecule has 8 nitrogen and oxygen atoms in total. The van der Waals surface area contributed by atoms with Crippen LogP contribution in [0.5, 0.6) is 0 Å². The highest BCUT2D eigenvalue weighted by Gasteiger charge is 2.30. The van der Waals surface area contributed by atoms with Crippen LogP contribution in [0.1, 0.15) is 23.4 Å². The van der Waals surface area contributed by atoms with Crippen molar-refractivity contribution in [3.8, 4) is 0 Å². The Hall–Kier alpha value is -3.69. The summed E-state index contributed by atoms with van der Waals surface area (Å²) >= 11 is 0. The summed E-state index contributed by atoms with van der Waals surface area (Å²) < 4.78 is 31.2. The van der Waals surface area contributed by atoms with Gasteiger partial charge in [0.1, 0.15) is 11.7 Å². The Balaban J connectivity index is 1.44. The number of nitrogens with one attached hydrogen (secondary N) is 1. The number of hydrogen-bond acceptors (Lipinski definition) is 5. The summed E-state index contributed by atoms with van der Waals surface area (Å²) in [6.07, 6.45) is 2.51. The van der Waals surface area contributed by atoms with Crippen molar-refractivity contribution in [2.75, 3.05) is 31.0 Å². The number of amidine groups is 1. The van der Waals surface area contributed by atoms with Gasteiger partial charge in [-0.1, -0.05) is 42.5 Å². The Kier molecular flexibility index (Phi) is 7.23. The van der Waals surface area contributed by atoms with E-state index in [1.807, 2.05) is 55.6 Å². The minimum atomic E-state index is -3.73. The molecule has 0 aliphatic carbocycles. The summed E-state index contributed by atoms with van der Waals surface area (Å²) in [5.74, 6) is 1.26. The first-order chi connectivity index (χ1) is 18.2. The van der Waals surface area contributed by atoms with Gasteiger partial charge < -0.3 is 15.2 Å². The fourth-order valence-electron chi connectivity index (χ4n) is 5.20. The lowest BCUT2D eigenvalue weighted by molar-refractivity contribution is 0.397. The Labute approximate surface area is 224 Å². The van der Waals surface area contributed by atoms with E-state index >= 15 is 0 Å². The van der Waals surface area contributed by atoms with Gasteiger partial charge >= 0.3 is 0 Å². The number of sulfonamides is 1. The predicted octanol–water partition coefficient (Wildman–Crippen LogP) is 3.79. The minimum Gasteiger partial charge on any atom is -0.384 e. The van der Waals surface area contributed by atoms with Crippen LogP contribution in [-0.4, -0.2) is 55.4 Å². The summed E-state index contributed by atoms with van der Waals surface area (Å²) in [6.45, 7) is 2.29. The second kappa shape index (κ2) is 10.6. The summed E-state index contributed by atoms with van der Waals surface area (Å²) in [7, 11) is 0.344. The fraction of sp³-hybridized carbons (Fsp3) is 0.310. The fourth-order valence-corrected chi connectivity index (χ4v) is 6.75. The molecule has 1 saturated heterocycles. The van der Waals surface area contributed by atoms with E-state index in [9.17, 15) is 8.42 Å². The Morgan fingerprint density at radius 1 is 1.05 bits per heavy atom. The molecule has 1 unspecified atom stereocenters. The molecule has 1 aliphatic rings. The average molecular weight is 531 g/mol. The number of nitrogen functional groups attached to an aromatic ring is 1. The molecule has 2 heterocycles. The number of fused-ring (bicyclic) bond motifs is 1. The lowest BCUT2D eigenvalue weighted by atomic mass is 10.1. The molecule has 1 atom stereocenters. The summed E-state index contributed by atoms with van der Waals surface area (Å²) in [5.41, 5.74) is 9.80. The maximum absolute atomic E-state index is 13.8. The Morgan fingerprint density at radius 2 is 1.79 bits per heavy atom. The van der Waals surface area contributed by atoms with Crippen LogP contribution in [0.25, 0.3) is 11.0 Å². The van der Waals surface area contributed by atoms with Crippen LogP contribution >= 0.6 is 0 Å². The zero-order valence-electron chi connectivity index (χ0n) is 21.8. The number of imidazole rings is 1. The molecule has 3 N–H and O–H groups in total. The largest absolute Gasteiger partial charge is 0.384 e. The number of aromatic nitrogens is 2. The first-order valence-corrected chi connectivity index (χ1v) is 14.3. The molecular formula is C29H34N6O2S. The zero-order valence-corrected chi connectivity index (χ0v) is 22.7. The molecule has 4 aromatic rings. The average Bonchev–Trinajstić information content (AvgIpc) is 3.48. The molecule has 0 spiro atoms. The van der Waals surface area contributed by atoms with E-state index in [4.69, 9.17) is 16.1 Å². The van der Waals surface area contributed by atoms with E-state index in [1.54, 1.807) is 28.6 Å². The standard InChI is InChI=1S/C29H34N6O2S/c1-33-17-16-22(19-33)20-35(38(36,37)25-6-4-3-5-7-25)24-13-14-27-26(18-24)32-28(34(27)2)15-10-21-8-11-23(12-9-21)29(30)31/h3-9,11-14,18,22H,10,15-17,19-20H2,1-2H3,(H3,30,31). The molecule has 0 amide bonds. The van der Waals surface area contributed by atoms with Crippen LogP contribution < -0.4 is 10.0 Å². The van der Waals surface area contributed by atoms with E-state index in [1.165, 1.54) is 0 Å². The van der Waals surface area contributed by atoms with E-state index in [2.05, 4.69) is 16.5 Å². The van der Waals surface area contributed by atoms with Crippen LogP contribution in [-0.2, 0) is 29.9 Å². The number of rotatable bonds is 9. The molecule has 5 rings (SSSR count). The van der Waals surface area contributed by atoms with Gasteiger partial charge in [0, 0.05) is 32.1 Å². The maximum Gasteiger partial charge on any atom is 0.264 e. The third-order valence-electron chi connectivity index (χ3n) is 7.39. The normalized spacial score (nSPS) is 16.2. The molecule has 1 fully saturated rings. The molecule has 3 aromatic carbocycles. The van der Waals surface area contributed by atoms with Gasteiger partial charge in [-0.05, 0) is 68.2 Å². The predicted molar refractivity (Wildman–Crippen MR) is 152 cm³/mol. The second-order valence-electron chi connectivity index (χ2n) is 10.1. The van der Waals surface area contributed by atoms with E-state index < -0.39 is 10.0 Å². The van der Waals surface area contributed by atoms with Gasteiger partial charge in [-0.3, -0.25) is 9.71 Å². The molecule has 1 aliphatic heterocycles. The quantitative estimate of drug-likeness (QED) is 0.253. The Morgan fingerprint density at radius 3 is 2.45 bits per heavy atom. The minimum absolute atomic E-state index is 0.0611. The monoisotopic (exact) mass is 530 g/mol. The first kappa shape index (κ1) is 25.9. The van der Waals surface area contributed by atoms with E-state index in [0.717, 1.165) is 54.8 Å². The number of aryl methyl sites for hydroxylation is 3. The third kappa shape index (κ3) is 5.30. The van der Waals surface area contributed by atoms with Crippen molar-refractivity contribution in [1.82, 2.24) is 14.5 Å². The first-order valence-electron chi connectivity index (χ1n) is 12.9. The van der Waals surface area contributed by atoms with Crippen molar-refractivity contribution < 1.29 is 8.42 Å². The molecule has 198 valence electrons. The molecule has 0 bridgehead atoms. The smallest absolute Gasteiger partial charge is 0.264 e. The van der Waals surface area contributed by atoms with Gasteiger partial charge in [0.05, 0.1) is 21.6 Å². The topological polar surface area (TPSA) is 108 Å². The molecular weight excluding hydrogens is 496 g/mol. The van der Waals surface area contributed by atoms with E-state index in [-0.39, 0.29) is 11.8 Å². The number of hydrogen-bond donors (Lipinski definition) is 2. The zero-order chi connectivity index (χ0) is 26.9. The van der Waals surface area contributed by atoms with Crippen molar-refractivity contribution in [2.24, 2.45) is 18.7 Å². The SMILES string of the molecule is CN1CCC(CN(c2ccc3c(c2)nc(CCc2ccc(C(=N)N)cc2)n3C)S(=O)(=O)c2ccccc2)C1. The maximum atomic E-state index is 13.8. The Bertz CT molecular complexity index is 1550. The summed E-state index contributed by atoms with van der Waals surface area (Å²) in [6, 6.07) is 22.1. The number of likely N-dealkylation sites (tertiary alicyclic amines) is 1. The molecule has 9 heteroatoms. The van der Waals surface area contributed by atoms with Gasteiger partial charge in [0.15, 0.2) is 0 Å². The van der Waals surface area contributed by atoms with Crippen molar-refractivity contribution in [2.45, 2.75) is 24.2 Å². The number of nitrogens with two attached hydrogens (primary N) is 1. The number of anilines is 1. The van der Waals surface area contributed by atoms with Gasteiger partial charge in [0.25, 0.3) is 10.0 Å². The van der Waals surface area contributed by atoms with Crippen molar-refractivity contribution >= 4 is 32.6 Å². The van der Waals surface area contributed by atoms with Gasteiger partial charge in [0.2, 0.25) is 0 Å². The lowest BCUT2D eigenvalue weighted by Gasteiger charge is -2.27. The molecule has 38 heavy (non-hydrogen) atoms. The van der Waals surface area contributed by atoms with Crippen LogP contribution in [0.3, 0.4) is 0 Å². The van der Waals surface area contributed by atoms with Gasteiger partial charge in [-0.2, -0.15) is 0 Å². The highest BCUT2D eigenvalue weighted by molar-refractivity contribution is 7.92. The van der Waals surface area contributed by atoms with Crippen molar-refractivity contribution in [1.29, 1.82) is 5.41 Å². The third-order valence-corrected chi connectivity index (χ3v) is 9.20. The number of benzene rings is 3. The summed E-state index contributed by atoms with van der Waals surface area (Å²) in [4.78, 5) is 7.44. The van der Waals surface area contributed by atoms with Gasteiger partial charge in [-0.25, -0.2) is 13.4 Å².